The third-order valence-electron chi connectivity index (χ3n) is 4.77. The van der Waals surface area contributed by atoms with Gasteiger partial charge in [0.1, 0.15) is 0 Å². The molecule has 1 aromatic carbocycles. The van der Waals surface area contributed by atoms with Crippen molar-refractivity contribution in [1.29, 1.82) is 0 Å². The van der Waals surface area contributed by atoms with E-state index < -0.39 is 0 Å². The number of benzene rings is 1. The summed E-state index contributed by atoms with van der Waals surface area (Å²) >= 11 is 0. The second-order valence-electron chi connectivity index (χ2n) is 7.20. The van der Waals surface area contributed by atoms with Crippen LogP contribution in [-0.4, -0.2) is 78.3 Å². The predicted octanol–water partition coefficient (Wildman–Crippen LogP) is 1.54. The van der Waals surface area contributed by atoms with E-state index in [1.54, 1.807) is 38.4 Å². The van der Waals surface area contributed by atoms with E-state index in [-0.39, 0.29) is 11.8 Å². The minimum Gasteiger partial charge on any atom is -0.345 e. The zero-order valence-electron chi connectivity index (χ0n) is 16.5. The molecule has 1 aliphatic heterocycles. The molecule has 0 spiro atoms. The van der Waals surface area contributed by atoms with Crippen LogP contribution in [0.4, 0.5) is 5.69 Å². The maximum Gasteiger partial charge on any atom is 0.253 e. The Kier molecular flexibility index (Phi) is 6.73. The predicted molar refractivity (Wildman–Crippen MR) is 109 cm³/mol. The largest absolute Gasteiger partial charge is 0.345 e. The monoisotopic (exact) mass is 381 g/mol. The summed E-state index contributed by atoms with van der Waals surface area (Å²) in [6, 6.07) is 13.0. The Balaban J connectivity index is 1.42. The number of hydrogen-bond acceptors (Lipinski definition) is 5. The fourth-order valence-corrected chi connectivity index (χ4v) is 3.18. The molecule has 7 heteroatoms. The standard InChI is InChI=1S/C21H27N5O2/c1-24(2)21(28)17-6-8-18(9-7-17)23-20(27)16-26-13-11-25(12-14-26)15-19-5-3-4-10-22-19/h3-10H,11-16H2,1-2H3,(H,23,27). The van der Waals surface area contributed by atoms with Crippen LogP contribution in [0.2, 0.25) is 0 Å². The number of rotatable bonds is 6. The summed E-state index contributed by atoms with van der Waals surface area (Å²) in [7, 11) is 3.43. The number of carbonyl (C=O) groups is 2. The van der Waals surface area contributed by atoms with E-state index in [0.717, 1.165) is 38.4 Å². The van der Waals surface area contributed by atoms with Crippen molar-refractivity contribution in [3.63, 3.8) is 0 Å². The molecule has 1 saturated heterocycles. The normalized spacial score (nSPS) is 15.2. The molecule has 0 bridgehead atoms. The van der Waals surface area contributed by atoms with E-state index in [9.17, 15) is 9.59 Å². The average Bonchev–Trinajstić information content (AvgIpc) is 2.70. The van der Waals surface area contributed by atoms with Crippen molar-refractivity contribution in [3.8, 4) is 0 Å². The van der Waals surface area contributed by atoms with Crippen molar-refractivity contribution in [2.45, 2.75) is 6.54 Å². The highest BCUT2D eigenvalue weighted by molar-refractivity contribution is 5.96. The molecule has 0 atom stereocenters. The van der Waals surface area contributed by atoms with E-state index in [1.165, 1.54) is 4.90 Å². The summed E-state index contributed by atoms with van der Waals surface area (Å²) in [6.45, 7) is 4.78. The molecule has 1 fully saturated rings. The molecule has 148 valence electrons. The number of nitrogens with zero attached hydrogens (tertiary/aromatic N) is 4. The average molecular weight is 381 g/mol. The summed E-state index contributed by atoms with van der Waals surface area (Å²) in [6.07, 6.45) is 1.82. The Morgan fingerprint density at radius 3 is 2.29 bits per heavy atom. The lowest BCUT2D eigenvalue weighted by atomic mass is 10.2. The number of pyridine rings is 1. The maximum atomic E-state index is 12.3. The van der Waals surface area contributed by atoms with E-state index in [2.05, 4.69) is 20.1 Å². The van der Waals surface area contributed by atoms with Gasteiger partial charge in [-0.15, -0.1) is 0 Å². The lowest BCUT2D eigenvalue weighted by Gasteiger charge is -2.34. The van der Waals surface area contributed by atoms with Crippen molar-refractivity contribution in [2.75, 3.05) is 52.1 Å². The third kappa shape index (κ3) is 5.61. The number of amides is 2. The quantitative estimate of drug-likeness (QED) is 0.822. The summed E-state index contributed by atoms with van der Waals surface area (Å²) in [5.41, 5.74) is 2.38. The first kappa shape index (κ1) is 20.0. The smallest absolute Gasteiger partial charge is 0.253 e. The van der Waals surface area contributed by atoms with Gasteiger partial charge in [0.25, 0.3) is 5.91 Å². The fraction of sp³-hybridized carbons (Fsp3) is 0.381. The topological polar surface area (TPSA) is 68.8 Å². The van der Waals surface area contributed by atoms with Gasteiger partial charge in [0.15, 0.2) is 0 Å². The fourth-order valence-electron chi connectivity index (χ4n) is 3.18. The number of aromatic nitrogens is 1. The van der Waals surface area contributed by atoms with Gasteiger partial charge in [0.2, 0.25) is 5.91 Å². The third-order valence-corrected chi connectivity index (χ3v) is 4.77. The Morgan fingerprint density at radius 2 is 1.68 bits per heavy atom. The number of hydrogen-bond donors (Lipinski definition) is 1. The van der Waals surface area contributed by atoms with E-state index in [4.69, 9.17) is 0 Å². The van der Waals surface area contributed by atoms with Gasteiger partial charge in [-0.3, -0.25) is 24.4 Å². The van der Waals surface area contributed by atoms with Gasteiger partial charge in [-0.2, -0.15) is 0 Å². The summed E-state index contributed by atoms with van der Waals surface area (Å²) < 4.78 is 0. The minimum atomic E-state index is -0.0542. The van der Waals surface area contributed by atoms with Crippen LogP contribution in [0.15, 0.2) is 48.7 Å². The first-order valence-corrected chi connectivity index (χ1v) is 9.47. The molecule has 28 heavy (non-hydrogen) atoms. The lowest BCUT2D eigenvalue weighted by Crippen LogP contribution is -2.48. The second kappa shape index (κ2) is 9.43. The Labute approximate surface area is 166 Å². The summed E-state index contributed by atoms with van der Waals surface area (Å²) in [5.74, 6) is -0.0914. The van der Waals surface area contributed by atoms with Crippen LogP contribution in [0.25, 0.3) is 0 Å². The molecule has 0 unspecified atom stereocenters. The van der Waals surface area contributed by atoms with Gasteiger partial charge in [-0.1, -0.05) is 6.07 Å². The van der Waals surface area contributed by atoms with Crippen molar-refractivity contribution in [2.24, 2.45) is 0 Å². The molecule has 2 amide bonds. The van der Waals surface area contributed by atoms with Gasteiger partial charge < -0.3 is 10.2 Å². The van der Waals surface area contributed by atoms with Gasteiger partial charge in [-0.05, 0) is 36.4 Å². The molecular formula is C21H27N5O2. The van der Waals surface area contributed by atoms with Crippen LogP contribution in [0.1, 0.15) is 16.1 Å². The Bertz CT molecular complexity index is 784. The number of nitrogens with one attached hydrogen (secondary N) is 1. The van der Waals surface area contributed by atoms with Gasteiger partial charge in [0, 0.05) is 64.3 Å². The van der Waals surface area contributed by atoms with Gasteiger partial charge >= 0.3 is 0 Å². The molecule has 2 heterocycles. The first-order valence-electron chi connectivity index (χ1n) is 9.47. The summed E-state index contributed by atoms with van der Waals surface area (Å²) in [4.78, 5) is 34.7. The van der Waals surface area contributed by atoms with Crippen LogP contribution in [0, 0.1) is 0 Å². The molecule has 1 aliphatic rings. The SMILES string of the molecule is CN(C)C(=O)c1ccc(NC(=O)CN2CCN(Cc3ccccn3)CC2)cc1. The van der Waals surface area contributed by atoms with E-state index in [0.29, 0.717) is 17.8 Å². The number of anilines is 1. The molecule has 0 saturated carbocycles. The summed E-state index contributed by atoms with van der Waals surface area (Å²) in [5, 5.41) is 2.91. The zero-order valence-corrected chi connectivity index (χ0v) is 16.5. The minimum absolute atomic E-state index is 0.0372. The molecule has 0 radical (unpaired) electrons. The van der Waals surface area contributed by atoms with Gasteiger partial charge in [0.05, 0.1) is 12.2 Å². The first-order chi connectivity index (χ1) is 13.5. The highest BCUT2D eigenvalue weighted by Gasteiger charge is 2.19. The second-order valence-corrected chi connectivity index (χ2v) is 7.20. The van der Waals surface area contributed by atoms with Crippen molar-refractivity contribution in [1.82, 2.24) is 19.7 Å². The van der Waals surface area contributed by atoms with Gasteiger partial charge in [-0.25, -0.2) is 0 Å². The molecule has 0 aliphatic carbocycles. The molecule has 7 nitrogen and oxygen atoms in total. The zero-order chi connectivity index (χ0) is 19.9. The van der Waals surface area contributed by atoms with Crippen LogP contribution < -0.4 is 5.32 Å². The molecular weight excluding hydrogens is 354 g/mol. The maximum absolute atomic E-state index is 12.3. The molecule has 1 aromatic heterocycles. The Morgan fingerprint density at radius 1 is 1.00 bits per heavy atom. The van der Waals surface area contributed by atoms with Crippen molar-refractivity contribution in [3.05, 3.63) is 59.9 Å². The van der Waals surface area contributed by atoms with Crippen LogP contribution in [0.5, 0.6) is 0 Å². The highest BCUT2D eigenvalue weighted by atomic mass is 16.2. The molecule has 3 rings (SSSR count). The number of carbonyl (C=O) groups excluding carboxylic acids is 2. The van der Waals surface area contributed by atoms with E-state index in [1.807, 2.05) is 24.4 Å². The van der Waals surface area contributed by atoms with E-state index >= 15 is 0 Å². The highest BCUT2D eigenvalue weighted by Crippen LogP contribution is 2.12. The van der Waals surface area contributed by atoms with Crippen LogP contribution in [-0.2, 0) is 11.3 Å². The van der Waals surface area contributed by atoms with Crippen molar-refractivity contribution < 1.29 is 9.59 Å². The van der Waals surface area contributed by atoms with Crippen LogP contribution >= 0.6 is 0 Å². The van der Waals surface area contributed by atoms with Crippen LogP contribution in [0.3, 0.4) is 0 Å². The number of piperazine rings is 1. The molecule has 1 N–H and O–H groups in total. The Hall–Kier alpha value is -2.77. The lowest BCUT2D eigenvalue weighted by molar-refractivity contribution is -0.117. The molecule has 2 aromatic rings. The van der Waals surface area contributed by atoms with Crippen molar-refractivity contribution >= 4 is 17.5 Å².